The Morgan fingerprint density at radius 2 is 1.83 bits per heavy atom. The van der Waals surface area contributed by atoms with Gasteiger partial charge in [-0.1, -0.05) is 20.3 Å². The summed E-state index contributed by atoms with van der Waals surface area (Å²) in [6.07, 6.45) is -2.72. The Labute approximate surface area is 137 Å². The van der Waals surface area contributed by atoms with Crippen LogP contribution in [0.15, 0.2) is 0 Å². The van der Waals surface area contributed by atoms with E-state index in [-0.39, 0.29) is 18.4 Å². The maximum atomic E-state index is 12.7. The van der Waals surface area contributed by atoms with E-state index >= 15 is 0 Å². The molecule has 0 spiro atoms. The van der Waals surface area contributed by atoms with Crippen molar-refractivity contribution in [1.82, 2.24) is 10.2 Å². The number of nitrogens with one attached hydrogen (secondary N) is 1. The van der Waals surface area contributed by atoms with Crippen molar-refractivity contribution in [3.05, 3.63) is 0 Å². The number of hydrogen-bond donors (Lipinski definition) is 2. The Balaban J connectivity index is 2.20. The summed E-state index contributed by atoms with van der Waals surface area (Å²) in [4.78, 5) is 36.6. The third-order valence-corrected chi connectivity index (χ3v) is 4.90. The number of likely N-dealkylation sites (tertiary alicyclic amines) is 1. The molecule has 24 heavy (non-hydrogen) atoms. The lowest BCUT2D eigenvalue weighted by Crippen LogP contribution is -2.56. The van der Waals surface area contributed by atoms with Gasteiger partial charge in [0.1, 0.15) is 12.1 Å². The molecule has 2 amide bonds. The van der Waals surface area contributed by atoms with Crippen LogP contribution in [0.4, 0.5) is 13.2 Å². The normalized spacial score (nSPS) is 27.9. The zero-order valence-electron chi connectivity index (χ0n) is 13.5. The molecule has 4 atom stereocenters. The number of fused-ring (bicyclic) bond motifs is 1. The number of aliphatic carboxylic acids is 1. The number of carbonyl (C=O) groups is 3. The van der Waals surface area contributed by atoms with Crippen LogP contribution in [0, 0.1) is 17.8 Å². The van der Waals surface area contributed by atoms with Gasteiger partial charge in [-0.15, -0.1) is 0 Å². The van der Waals surface area contributed by atoms with Crippen molar-refractivity contribution in [2.45, 2.75) is 51.4 Å². The summed E-state index contributed by atoms with van der Waals surface area (Å²) in [5, 5.41) is 11.2. The topological polar surface area (TPSA) is 86.7 Å². The second kappa shape index (κ2) is 6.60. The highest BCUT2D eigenvalue weighted by atomic mass is 19.4. The smallest absolute Gasteiger partial charge is 0.471 e. The predicted molar refractivity (Wildman–Crippen MR) is 76.8 cm³/mol. The first-order valence-electron chi connectivity index (χ1n) is 7.95. The SMILES string of the molecule is CC(C)C(NC(=O)C(F)(F)F)C(=O)N1C[C@@H]2CCC[C@@H]2[C@H]1C(=O)O. The standard InChI is InChI=1S/C15H21F3N2O4/c1-7(2)10(19-14(24)15(16,17)18)12(21)20-6-8-4-3-5-9(8)11(20)13(22)23/h7-11H,3-6H2,1-2H3,(H,19,24)(H,22,23)/t8-,9-,10?,11-/m0/s1. The van der Waals surface area contributed by atoms with Gasteiger partial charge >= 0.3 is 18.1 Å². The fourth-order valence-electron chi connectivity index (χ4n) is 3.76. The third kappa shape index (κ3) is 3.49. The molecule has 1 saturated carbocycles. The van der Waals surface area contributed by atoms with Crippen LogP contribution >= 0.6 is 0 Å². The maximum Gasteiger partial charge on any atom is 0.471 e. The number of rotatable bonds is 4. The molecule has 0 bridgehead atoms. The molecule has 1 aliphatic carbocycles. The summed E-state index contributed by atoms with van der Waals surface area (Å²) in [7, 11) is 0. The Morgan fingerprint density at radius 1 is 1.21 bits per heavy atom. The lowest BCUT2D eigenvalue weighted by Gasteiger charge is -2.30. The van der Waals surface area contributed by atoms with E-state index in [0.717, 1.165) is 17.7 Å². The first-order valence-corrected chi connectivity index (χ1v) is 7.95. The van der Waals surface area contributed by atoms with E-state index in [4.69, 9.17) is 0 Å². The van der Waals surface area contributed by atoms with E-state index in [0.29, 0.717) is 6.42 Å². The Bertz CT molecular complexity index is 535. The van der Waals surface area contributed by atoms with Crippen molar-refractivity contribution in [2.75, 3.05) is 6.54 Å². The van der Waals surface area contributed by atoms with Crippen molar-refractivity contribution >= 4 is 17.8 Å². The van der Waals surface area contributed by atoms with Crippen LogP contribution < -0.4 is 5.32 Å². The molecule has 1 saturated heterocycles. The molecule has 1 unspecified atom stereocenters. The van der Waals surface area contributed by atoms with E-state index in [1.165, 1.54) is 13.8 Å². The number of hydrogen-bond acceptors (Lipinski definition) is 3. The lowest BCUT2D eigenvalue weighted by molar-refractivity contribution is -0.175. The molecule has 0 aromatic carbocycles. The number of halogens is 3. The lowest BCUT2D eigenvalue weighted by atomic mass is 9.94. The van der Waals surface area contributed by atoms with Gasteiger partial charge in [-0.25, -0.2) is 4.79 Å². The van der Waals surface area contributed by atoms with Gasteiger partial charge in [0.15, 0.2) is 0 Å². The number of carboxylic acids is 1. The van der Waals surface area contributed by atoms with E-state index in [1.54, 1.807) is 5.32 Å². The van der Waals surface area contributed by atoms with Crippen LogP contribution in [0.3, 0.4) is 0 Å². The van der Waals surface area contributed by atoms with Gasteiger partial charge in [0.05, 0.1) is 0 Å². The van der Waals surface area contributed by atoms with Gasteiger partial charge in [0.25, 0.3) is 0 Å². The zero-order chi connectivity index (χ0) is 18.2. The van der Waals surface area contributed by atoms with Gasteiger partial charge in [0.2, 0.25) is 5.91 Å². The van der Waals surface area contributed by atoms with Gasteiger partial charge in [-0.3, -0.25) is 9.59 Å². The molecule has 6 nitrogen and oxygen atoms in total. The Kier molecular flexibility index (Phi) is 5.10. The highest BCUT2D eigenvalue weighted by molar-refractivity contribution is 5.92. The summed E-state index contributed by atoms with van der Waals surface area (Å²) in [5.41, 5.74) is 0. The third-order valence-electron chi connectivity index (χ3n) is 4.90. The minimum atomic E-state index is -5.10. The minimum Gasteiger partial charge on any atom is -0.480 e. The van der Waals surface area contributed by atoms with Crippen LogP contribution in [0.2, 0.25) is 0 Å². The minimum absolute atomic E-state index is 0.0566. The van der Waals surface area contributed by atoms with Crippen molar-refractivity contribution in [2.24, 2.45) is 17.8 Å². The second-order valence-electron chi connectivity index (χ2n) is 6.82. The number of carbonyl (C=O) groups excluding carboxylic acids is 2. The first kappa shape index (κ1) is 18.5. The average molecular weight is 350 g/mol. The first-order chi connectivity index (χ1) is 11.0. The molecule has 9 heteroatoms. The fraction of sp³-hybridized carbons (Fsp3) is 0.800. The Morgan fingerprint density at radius 3 is 2.33 bits per heavy atom. The quantitative estimate of drug-likeness (QED) is 0.802. The zero-order valence-corrected chi connectivity index (χ0v) is 13.5. The monoisotopic (exact) mass is 350 g/mol. The molecular weight excluding hydrogens is 329 g/mol. The molecule has 2 rings (SSSR count). The van der Waals surface area contributed by atoms with Crippen LogP contribution in [-0.2, 0) is 14.4 Å². The average Bonchev–Trinajstić information content (AvgIpc) is 3.01. The van der Waals surface area contributed by atoms with Crippen molar-refractivity contribution in [3.63, 3.8) is 0 Å². The summed E-state index contributed by atoms with van der Waals surface area (Å²) >= 11 is 0. The van der Waals surface area contributed by atoms with Gasteiger partial charge in [0, 0.05) is 6.54 Å². The van der Waals surface area contributed by atoms with Crippen molar-refractivity contribution in [1.29, 1.82) is 0 Å². The van der Waals surface area contributed by atoms with E-state index < -0.39 is 42.0 Å². The van der Waals surface area contributed by atoms with Gasteiger partial charge < -0.3 is 15.3 Å². The number of carboxylic acid groups (broad SMARTS) is 1. The van der Waals surface area contributed by atoms with Crippen LogP contribution in [0.25, 0.3) is 0 Å². The van der Waals surface area contributed by atoms with Gasteiger partial charge in [-0.2, -0.15) is 13.2 Å². The van der Waals surface area contributed by atoms with E-state index in [1.807, 2.05) is 0 Å². The molecule has 0 aromatic rings. The molecule has 2 N–H and O–H groups in total. The molecule has 0 aromatic heterocycles. The second-order valence-corrected chi connectivity index (χ2v) is 6.82. The molecule has 1 heterocycles. The Hall–Kier alpha value is -1.80. The summed E-state index contributed by atoms with van der Waals surface area (Å²) in [5.74, 6) is -4.81. The highest BCUT2D eigenvalue weighted by Crippen LogP contribution is 2.42. The van der Waals surface area contributed by atoms with Crippen molar-refractivity contribution in [3.8, 4) is 0 Å². The van der Waals surface area contributed by atoms with Crippen LogP contribution in [0.5, 0.6) is 0 Å². The maximum absolute atomic E-state index is 12.7. The molecule has 1 aliphatic heterocycles. The fourth-order valence-corrected chi connectivity index (χ4v) is 3.76. The molecule has 2 fully saturated rings. The molecular formula is C15H21F3N2O4. The highest BCUT2D eigenvalue weighted by Gasteiger charge is 2.51. The molecule has 136 valence electrons. The largest absolute Gasteiger partial charge is 0.480 e. The summed E-state index contributed by atoms with van der Waals surface area (Å²) < 4.78 is 37.4. The number of nitrogens with zero attached hydrogens (tertiary/aromatic N) is 1. The summed E-state index contributed by atoms with van der Waals surface area (Å²) in [6.45, 7) is 3.23. The molecule has 0 radical (unpaired) electrons. The number of amides is 2. The predicted octanol–water partition coefficient (Wildman–Crippen LogP) is 1.40. The van der Waals surface area contributed by atoms with Crippen molar-refractivity contribution < 1.29 is 32.7 Å². The van der Waals surface area contributed by atoms with E-state index in [2.05, 4.69) is 0 Å². The molecule has 2 aliphatic rings. The van der Waals surface area contributed by atoms with Crippen LogP contribution in [-0.4, -0.2) is 52.6 Å². The van der Waals surface area contributed by atoms with Crippen LogP contribution in [0.1, 0.15) is 33.1 Å². The summed E-state index contributed by atoms with van der Waals surface area (Å²) in [6, 6.07) is -2.44. The van der Waals surface area contributed by atoms with E-state index in [9.17, 15) is 32.7 Å². The number of alkyl halides is 3. The van der Waals surface area contributed by atoms with Gasteiger partial charge in [-0.05, 0) is 30.6 Å².